The van der Waals surface area contributed by atoms with Crippen molar-refractivity contribution >= 4 is 23.5 Å². The zero-order valence-corrected chi connectivity index (χ0v) is 14.1. The molecule has 23 heavy (non-hydrogen) atoms. The normalized spacial score (nSPS) is 29.0. The van der Waals surface area contributed by atoms with E-state index in [1.165, 1.54) is 0 Å². The van der Waals surface area contributed by atoms with Crippen LogP contribution in [0.5, 0.6) is 0 Å². The van der Waals surface area contributed by atoms with Crippen LogP contribution in [0.15, 0.2) is 24.3 Å². The van der Waals surface area contributed by atoms with Crippen molar-refractivity contribution in [2.24, 2.45) is 5.41 Å². The Morgan fingerprint density at radius 3 is 2.78 bits per heavy atom. The van der Waals surface area contributed by atoms with Crippen molar-refractivity contribution in [3.05, 3.63) is 34.9 Å². The number of nitrogens with zero attached hydrogens (tertiary/aromatic N) is 1. The van der Waals surface area contributed by atoms with Gasteiger partial charge in [0.05, 0.1) is 5.41 Å². The van der Waals surface area contributed by atoms with Crippen LogP contribution in [0.4, 0.5) is 0 Å². The largest absolute Gasteiger partial charge is 0.481 e. The molecule has 0 unspecified atom stereocenters. The van der Waals surface area contributed by atoms with E-state index in [-0.39, 0.29) is 18.0 Å². The highest BCUT2D eigenvalue weighted by molar-refractivity contribution is 6.30. The zero-order chi connectivity index (χ0) is 16.6. The Bertz CT molecular complexity index is 632. The predicted molar refractivity (Wildman–Crippen MR) is 88.4 cm³/mol. The third-order valence-electron chi connectivity index (χ3n) is 5.60. The molecule has 4 nitrogen and oxygen atoms in total. The van der Waals surface area contributed by atoms with Gasteiger partial charge in [-0.2, -0.15) is 0 Å². The number of halogens is 1. The van der Waals surface area contributed by atoms with Crippen LogP contribution in [-0.4, -0.2) is 34.0 Å². The minimum Gasteiger partial charge on any atom is -0.481 e. The number of aryl methyl sites for hydroxylation is 1. The first kappa shape index (κ1) is 16.3. The maximum atomic E-state index is 12.7. The maximum absolute atomic E-state index is 12.7. The molecule has 1 N–H and O–H groups in total. The van der Waals surface area contributed by atoms with Gasteiger partial charge in [-0.3, -0.25) is 9.59 Å². The number of carbonyl (C=O) groups is 2. The van der Waals surface area contributed by atoms with Crippen LogP contribution in [0, 0.1) is 5.41 Å². The highest BCUT2D eigenvalue weighted by atomic mass is 35.5. The number of carboxylic acids is 1. The first-order valence-corrected chi connectivity index (χ1v) is 8.64. The van der Waals surface area contributed by atoms with Gasteiger partial charge >= 0.3 is 5.97 Å². The number of amides is 1. The van der Waals surface area contributed by atoms with Crippen LogP contribution in [0.3, 0.4) is 0 Å². The van der Waals surface area contributed by atoms with Crippen molar-refractivity contribution in [1.82, 2.24) is 4.90 Å². The monoisotopic (exact) mass is 335 g/mol. The van der Waals surface area contributed by atoms with Crippen LogP contribution in [-0.2, 0) is 16.0 Å². The summed E-state index contributed by atoms with van der Waals surface area (Å²) in [5.74, 6) is -0.672. The van der Waals surface area contributed by atoms with E-state index in [1.807, 2.05) is 36.1 Å². The molecule has 0 aliphatic carbocycles. The second-order valence-corrected chi connectivity index (χ2v) is 7.13. The average molecular weight is 336 g/mol. The van der Waals surface area contributed by atoms with E-state index in [1.54, 1.807) is 0 Å². The Hall–Kier alpha value is -1.55. The smallest absolute Gasteiger partial charge is 0.311 e. The maximum Gasteiger partial charge on any atom is 0.311 e. The SMILES string of the molecule is CC[C@@]1(C(=O)O)C[C@@H]2CC[C@H]1N2C(=O)CCc1cccc(Cl)c1. The van der Waals surface area contributed by atoms with E-state index in [0.29, 0.717) is 30.7 Å². The predicted octanol–water partition coefficient (Wildman–Crippen LogP) is 3.52. The first-order valence-electron chi connectivity index (χ1n) is 8.27. The highest BCUT2D eigenvalue weighted by Crippen LogP contribution is 2.52. The van der Waals surface area contributed by atoms with Crippen molar-refractivity contribution in [2.75, 3.05) is 0 Å². The lowest BCUT2D eigenvalue weighted by Crippen LogP contribution is -2.44. The molecule has 2 fully saturated rings. The third kappa shape index (κ3) is 2.74. The molecule has 2 heterocycles. The van der Waals surface area contributed by atoms with Crippen LogP contribution in [0.2, 0.25) is 5.02 Å². The van der Waals surface area contributed by atoms with E-state index in [0.717, 1.165) is 18.4 Å². The summed E-state index contributed by atoms with van der Waals surface area (Å²) in [6.07, 6.45) is 3.98. The summed E-state index contributed by atoms with van der Waals surface area (Å²) in [6, 6.07) is 7.50. The van der Waals surface area contributed by atoms with E-state index in [4.69, 9.17) is 11.6 Å². The fraction of sp³-hybridized carbons (Fsp3) is 0.556. The summed E-state index contributed by atoms with van der Waals surface area (Å²) in [5, 5.41) is 10.3. The molecule has 2 aliphatic rings. The zero-order valence-electron chi connectivity index (χ0n) is 13.3. The number of hydrogen-bond donors (Lipinski definition) is 1. The van der Waals surface area contributed by atoms with Gasteiger partial charge in [-0.15, -0.1) is 0 Å². The van der Waals surface area contributed by atoms with Crippen molar-refractivity contribution in [2.45, 2.75) is 57.5 Å². The molecule has 5 heteroatoms. The Morgan fingerprint density at radius 1 is 1.39 bits per heavy atom. The van der Waals surface area contributed by atoms with Gasteiger partial charge in [0.25, 0.3) is 0 Å². The van der Waals surface area contributed by atoms with Crippen molar-refractivity contribution in [3.63, 3.8) is 0 Å². The van der Waals surface area contributed by atoms with Crippen LogP contribution in [0.1, 0.15) is 44.6 Å². The molecule has 3 atom stereocenters. The third-order valence-corrected chi connectivity index (χ3v) is 5.84. The first-order chi connectivity index (χ1) is 11.0. The molecule has 2 saturated heterocycles. The summed E-state index contributed by atoms with van der Waals surface area (Å²) in [5.41, 5.74) is 0.298. The van der Waals surface area contributed by atoms with Gasteiger partial charge in [-0.05, 0) is 49.8 Å². The Kier molecular flexibility index (Phi) is 4.37. The fourth-order valence-electron chi connectivity index (χ4n) is 4.39. The minimum absolute atomic E-state index is 0.0778. The molecule has 1 aromatic carbocycles. The molecule has 1 aromatic rings. The molecule has 0 radical (unpaired) electrons. The number of benzene rings is 1. The van der Waals surface area contributed by atoms with E-state index in [2.05, 4.69) is 0 Å². The lowest BCUT2D eigenvalue weighted by atomic mass is 9.72. The van der Waals surface area contributed by atoms with Gasteiger partial charge in [0.1, 0.15) is 0 Å². The van der Waals surface area contributed by atoms with Gasteiger partial charge in [0.2, 0.25) is 5.91 Å². The van der Waals surface area contributed by atoms with Crippen LogP contribution < -0.4 is 0 Å². The number of aliphatic carboxylic acids is 1. The van der Waals surface area contributed by atoms with Crippen molar-refractivity contribution < 1.29 is 14.7 Å². The average Bonchev–Trinajstić information content (AvgIpc) is 3.09. The number of hydrogen-bond acceptors (Lipinski definition) is 2. The van der Waals surface area contributed by atoms with Crippen molar-refractivity contribution in [3.8, 4) is 0 Å². The van der Waals surface area contributed by atoms with E-state index in [9.17, 15) is 14.7 Å². The minimum atomic E-state index is -0.750. The summed E-state index contributed by atoms with van der Waals surface area (Å²) in [7, 11) is 0. The fourth-order valence-corrected chi connectivity index (χ4v) is 4.61. The Labute approximate surface area is 141 Å². The summed E-state index contributed by atoms with van der Waals surface area (Å²) < 4.78 is 0. The van der Waals surface area contributed by atoms with Gasteiger partial charge in [-0.25, -0.2) is 0 Å². The van der Waals surface area contributed by atoms with Crippen LogP contribution >= 0.6 is 11.6 Å². The second-order valence-electron chi connectivity index (χ2n) is 6.70. The molecule has 124 valence electrons. The lowest BCUT2D eigenvalue weighted by Gasteiger charge is -2.32. The summed E-state index contributed by atoms with van der Waals surface area (Å²) in [4.78, 5) is 26.3. The topological polar surface area (TPSA) is 57.6 Å². The van der Waals surface area contributed by atoms with E-state index >= 15 is 0 Å². The molecular weight excluding hydrogens is 314 g/mol. The molecule has 0 aromatic heterocycles. The molecule has 1 amide bonds. The van der Waals surface area contributed by atoms with Crippen molar-refractivity contribution in [1.29, 1.82) is 0 Å². The number of carbonyl (C=O) groups excluding carboxylic acids is 1. The summed E-state index contributed by atoms with van der Waals surface area (Å²) >= 11 is 5.97. The van der Waals surface area contributed by atoms with Gasteiger partial charge in [0.15, 0.2) is 0 Å². The highest BCUT2D eigenvalue weighted by Gasteiger charge is 2.60. The molecule has 3 rings (SSSR count). The molecule has 0 spiro atoms. The van der Waals surface area contributed by atoms with Gasteiger partial charge in [-0.1, -0.05) is 30.7 Å². The van der Waals surface area contributed by atoms with Gasteiger partial charge < -0.3 is 10.0 Å². The molecule has 2 aliphatic heterocycles. The lowest BCUT2D eigenvalue weighted by molar-refractivity contribution is -0.151. The molecule has 0 saturated carbocycles. The summed E-state index contributed by atoms with van der Waals surface area (Å²) in [6.45, 7) is 1.92. The number of fused-ring (bicyclic) bond motifs is 2. The Balaban J connectivity index is 1.70. The number of carboxylic acid groups (broad SMARTS) is 1. The quantitative estimate of drug-likeness (QED) is 0.895. The second kappa shape index (κ2) is 6.16. The molecule has 2 bridgehead atoms. The van der Waals surface area contributed by atoms with E-state index < -0.39 is 11.4 Å². The Morgan fingerprint density at radius 2 is 2.17 bits per heavy atom. The van der Waals surface area contributed by atoms with Gasteiger partial charge in [0, 0.05) is 23.5 Å². The molecular formula is C18H22ClNO3. The number of rotatable bonds is 5. The standard InChI is InChI=1S/C18H22ClNO3/c1-2-18(17(22)23)11-14-7-8-15(18)20(14)16(21)9-6-12-4-3-5-13(19)10-12/h3-5,10,14-15H,2,6-9,11H2,1H3,(H,22,23)/t14-,15+,18+/m0/s1. The van der Waals surface area contributed by atoms with Crippen LogP contribution in [0.25, 0.3) is 0 Å².